The van der Waals surface area contributed by atoms with Gasteiger partial charge in [-0.25, -0.2) is 4.98 Å². The van der Waals surface area contributed by atoms with Crippen molar-refractivity contribution in [3.8, 4) is 11.5 Å². The number of oxazole rings is 1. The quantitative estimate of drug-likeness (QED) is 0.306. The van der Waals surface area contributed by atoms with Gasteiger partial charge in [0.2, 0.25) is 5.89 Å². The van der Waals surface area contributed by atoms with Gasteiger partial charge in [-0.15, -0.1) is 11.3 Å². The second kappa shape index (κ2) is 7.43. The van der Waals surface area contributed by atoms with Crippen LogP contribution in [0.3, 0.4) is 0 Å². The molecule has 0 atom stereocenters. The Morgan fingerprint density at radius 1 is 1.03 bits per heavy atom. The molecule has 0 radical (unpaired) electrons. The molecule has 0 spiro atoms. The highest BCUT2D eigenvalue weighted by atomic mass is 35.5. The zero-order valence-electron chi connectivity index (χ0n) is 15.7. The summed E-state index contributed by atoms with van der Waals surface area (Å²) < 4.78 is 6.72. The van der Waals surface area contributed by atoms with Crippen LogP contribution in [0.25, 0.3) is 32.6 Å². The smallest absolute Gasteiger partial charge is 0.267 e. The molecule has 0 aliphatic rings. The lowest BCUT2D eigenvalue weighted by molar-refractivity contribution is 0.103. The first-order chi connectivity index (χ1) is 14.5. The molecule has 1 N–H and O–H groups in total. The monoisotopic (exact) mass is 452 g/mol. The van der Waals surface area contributed by atoms with Crippen LogP contribution in [-0.2, 0) is 0 Å². The number of hydrogen-bond donors (Lipinski definition) is 1. The van der Waals surface area contributed by atoms with Crippen LogP contribution in [0.4, 0.5) is 5.69 Å². The van der Waals surface area contributed by atoms with E-state index in [1.54, 1.807) is 30.3 Å². The van der Waals surface area contributed by atoms with Crippen LogP contribution in [0, 0.1) is 6.92 Å². The second-order valence-electron chi connectivity index (χ2n) is 6.91. The summed E-state index contributed by atoms with van der Waals surface area (Å²) in [6, 6.07) is 18.7. The first-order valence-corrected chi connectivity index (χ1v) is 10.7. The normalized spacial score (nSPS) is 11.3. The molecule has 0 fully saturated rings. The molecule has 3 aromatic carbocycles. The molecule has 148 valence electrons. The van der Waals surface area contributed by atoms with Gasteiger partial charge in [-0.1, -0.05) is 47.0 Å². The van der Waals surface area contributed by atoms with Gasteiger partial charge in [0.1, 0.15) is 10.4 Å². The molecular weight excluding hydrogens is 439 g/mol. The second-order valence-corrected chi connectivity index (χ2v) is 8.77. The van der Waals surface area contributed by atoms with E-state index in [9.17, 15) is 4.79 Å². The highest BCUT2D eigenvalue weighted by Gasteiger charge is 2.18. The Balaban J connectivity index is 1.44. The Labute approximate surface area is 186 Å². The summed E-state index contributed by atoms with van der Waals surface area (Å²) >= 11 is 13.8. The number of rotatable bonds is 3. The molecule has 1 amide bonds. The topological polar surface area (TPSA) is 55.1 Å². The molecule has 4 nitrogen and oxygen atoms in total. The third-order valence-corrected chi connectivity index (χ3v) is 6.63. The number of anilines is 1. The van der Waals surface area contributed by atoms with Gasteiger partial charge in [-0.05, 0) is 49.4 Å². The molecule has 5 rings (SSSR count). The van der Waals surface area contributed by atoms with Gasteiger partial charge in [0.25, 0.3) is 5.91 Å². The van der Waals surface area contributed by atoms with Crippen LogP contribution in [-0.4, -0.2) is 10.9 Å². The largest absolute Gasteiger partial charge is 0.436 e. The van der Waals surface area contributed by atoms with Crippen molar-refractivity contribution in [3.63, 3.8) is 0 Å². The van der Waals surface area contributed by atoms with E-state index in [1.807, 2.05) is 37.3 Å². The fourth-order valence-corrected chi connectivity index (χ4v) is 4.89. The SMILES string of the molecule is Cc1ccc(-c2nc3cc(NC(=O)c4sc5cc(Cl)ccc5c4Cl)ccc3o2)cc1. The van der Waals surface area contributed by atoms with Crippen LogP contribution in [0.5, 0.6) is 0 Å². The summed E-state index contributed by atoms with van der Waals surface area (Å²) in [6.45, 7) is 2.03. The van der Waals surface area contributed by atoms with Crippen LogP contribution >= 0.6 is 34.5 Å². The molecular formula is C23H14Cl2N2O2S. The average Bonchev–Trinajstić information content (AvgIpc) is 3.29. The van der Waals surface area contributed by atoms with Gasteiger partial charge in [-0.3, -0.25) is 4.79 Å². The van der Waals surface area contributed by atoms with Crippen LogP contribution in [0.1, 0.15) is 15.2 Å². The van der Waals surface area contributed by atoms with Gasteiger partial charge < -0.3 is 9.73 Å². The number of fused-ring (bicyclic) bond motifs is 2. The summed E-state index contributed by atoms with van der Waals surface area (Å²) in [5.41, 5.74) is 4.00. The number of aromatic nitrogens is 1. The molecule has 0 saturated heterocycles. The van der Waals surface area contributed by atoms with Crippen molar-refractivity contribution >= 4 is 67.3 Å². The van der Waals surface area contributed by atoms with E-state index in [0.717, 1.165) is 15.6 Å². The number of carbonyl (C=O) groups excluding carboxylic acids is 1. The minimum Gasteiger partial charge on any atom is -0.436 e. The first-order valence-electron chi connectivity index (χ1n) is 9.14. The van der Waals surface area contributed by atoms with Crippen molar-refractivity contribution < 1.29 is 9.21 Å². The molecule has 7 heteroatoms. The van der Waals surface area contributed by atoms with Crippen molar-refractivity contribution in [2.45, 2.75) is 6.92 Å². The van der Waals surface area contributed by atoms with E-state index in [-0.39, 0.29) is 5.91 Å². The van der Waals surface area contributed by atoms with E-state index in [1.165, 1.54) is 16.9 Å². The lowest BCUT2D eigenvalue weighted by Gasteiger charge is -2.03. The van der Waals surface area contributed by atoms with Gasteiger partial charge in [0.05, 0.1) is 5.02 Å². The number of amides is 1. The Hall–Kier alpha value is -2.86. The van der Waals surface area contributed by atoms with Crippen molar-refractivity contribution in [2.24, 2.45) is 0 Å². The maximum Gasteiger partial charge on any atom is 0.267 e. The summed E-state index contributed by atoms with van der Waals surface area (Å²) in [5, 5.41) is 4.74. The fourth-order valence-electron chi connectivity index (χ4n) is 3.20. The third-order valence-electron chi connectivity index (χ3n) is 4.74. The molecule has 2 aromatic heterocycles. The number of benzene rings is 3. The van der Waals surface area contributed by atoms with E-state index < -0.39 is 0 Å². The van der Waals surface area contributed by atoms with Crippen molar-refractivity contribution in [2.75, 3.05) is 5.32 Å². The lowest BCUT2D eigenvalue weighted by atomic mass is 10.1. The van der Waals surface area contributed by atoms with Gasteiger partial charge in [0.15, 0.2) is 5.58 Å². The molecule has 0 aliphatic heterocycles. The number of halogens is 2. The standard InChI is InChI=1S/C23H14Cl2N2O2S/c1-12-2-4-13(5-3-12)23-27-17-11-15(7-9-18(17)29-23)26-22(28)21-20(25)16-8-6-14(24)10-19(16)30-21/h2-11H,1H3,(H,26,28). The summed E-state index contributed by atoms with van der Waals surface area (Å²) in [6.07, 6.45) is 0. The summed E-state index contributed by atoms with van der Waals surface area (Å²) in [7, 11) is 0. The predicted molar refractivity (Wildman–Crippen MR) is 124 cm³/mol. The number of carbonyl (C=O) groups is 1. The van der Waals surface area contributed by atoms with Crippen molar-refractivity contribution in [3.05, 3.63) is 81.1 Å². The number of thiophene rings is 1. The fraction of sp³-hybridized carbons (Fsp3) is 0.0435. The zero-order chi connectivity index (χ0) is 20.8. The summed E-state index contributed by atoms with van der Waals surface area (Å²) in [5.74, 6) is 0.261. The number of nitrogens with zero attached hydrogens (tertiary/aromatic N) is 1. The van der Waals surface area contributed by atoms with E-state index >= 15 is 0 Å². The number of hydrogen-bond acceptors (Lipinski definition) is 4. The molecule has 30 heavy (non-hydrogen) atoms. The Morgan fingerprint density at radius 3 is 2.63 bits per heavy atom. The minimum absolute atomic E-state index is 0.279. The summed E-state index contributed by atoms with van der Waals surface area (Å²) in [4.78, 5) is 17.8. The zero-order valence-corrected chi connectivity index (χ0v) is 18.0. The van der Waals surface area contributed by atoms with Crippen LogP contribution < -0.4 is 5.32 Å². The van der Waals surface area contributed by atoms with Crippen molar-refractivity contribution in [1.29, 1.82) is 0 Å². The molecule has 5 aromatic rings. The number of nitrogens with one attached hydrogen (secondary N) is 1. The van der Waals surface area contributed by atoms with Crippen molar-refractivity contribution in [1.82, 2.24) is 4.98 Å². The Morgan fingerprint density at radius 2 is 1.83 bits per heavy atom. The van der Waals surface area contributed by atoms with Gasteiger partial charge in [0, 0.05) is 26.4 Å². The van der Waals surface area contributed by atoms with E-state index in [2.05, 4.69) is 10.3 Å². The van der Waals surface area contributed by atoms with Gasteiger partial charge in [-0.2, -0.15) is 0 Å². The maximum atomic E-state index is 12.8. The Kier molecular flexibility index (Phi) is 4.74. The molecule has 0 unspecified atom stereocenters. The van der Waals surface area contributed by atoms with Gasteiger partial charge >= 0.3 is 0 Å². The van der Waals surface area contributed by atoms with E-state index in [4.69, 9.17) is 27.6 Å². The highest BCUT2D eigenvalue weighted by Crippen LogP contribution is 2.37. The Bertz CT molecular complexity index is 1420. The van der Waals surface area contributed by atoms with Crippen LogP contribution in [0.2, 0.25) is 10.0 Å². The highest BCUT2D eigenvalue weighted by molar-refractivity contribution is 7.21. The minimum atomic E-state index is -0.279. The maximum absolute atomic E-state index is 12.8. The third kappa shape index (κ3) is 3.45. The lowest BCUT2D eigenvalue weighted by Crippen LogP contribution is -2.10. The molecule has 0 bridgehead atoms. The predicted octanol–water partition coefficient (Wildman–Crippen LogP) is 7.58. The molecule has 0 aliphatic carbocycles. The molecule has 0 saturated carbocycles. The average molecular weight is 453 g/mol. The van der Waals surface area contributed by atoms with Crippen LogP contribution in [0.15, 0.2) is 65.1 Å². The first kappa shape index (κ1) is 19.1. The van der Waals surface area contributed by atoms with E-state index in [0.29, 0.717) is 37.6 Å². The number of aryl methyl sites for hydroxylation is 1. The molecule has 2 heterocycles.